The number of benzene rings is 1. The molecule has 0 saturated carbocycles. The van der Waals surface area contributed by atoms with Gasteiger partial charge in [-0.2, -0.15) is 0 Å². The van der Waals surface area contributed by atoms with E-state index in [1.54, 1.807) is 6.07 Å². The third-order valence-electron chi connectivity index (χ3n) is 4.23. The van der Waals surface area contributed by atoms with E-state index in [1.165, 1.54) is 43.7 Å². The van der Waals surface area contributed by atoms with Crippen LogP contribution in [0.2, 0.25) is 0 Å². The summed E-state index contributed by atoms with van der Waals surface area (Å²) in [5.74, 6) is 0.0416. The number of hydrogen-bond acceptors (Lipinski definition) is 10. The fourth-order valence-corrected chi connectivity index (χ4v) is 4.26. The molecule has 3 aromatic heterocycles. The second-order valence-corrected chi connectivity index (χ2v) is 10.6. The van der Waals surface area contributed by atoms with Crippen LogP contribution in [-0.4, -0.2) is 53.8 Å². The van der Waals surface area contributed by atoms with Crippen LogP contribution in [-0.2, 0) is 19.7 Å². The molecule has 4 rings (SSSR count). The Labute approximate surface area is 171 Å². The Bertz CT molecular complexity index is 1470. The second-order valence-electron chi connectivity index (χ2n) is 6.30. The molecule has 0 fully saturated rings. The van der Waals surface area contributed by atoms with E-state index in [4.69, 9.17) is 4.42 Å². The molecule has 0 N–H and O–H groups in total. The normalized spacial score (nSPS) is 12.3. The Morgan fingerprint density at radius 1 is 0.967 bits per heavy atom. The molecule has 0 radical (unpaired) electrons. The molecule has 1 aromatic carbocycles. The highest BCUT2D eigenvalue weighted by molar-refractivity contribution is 7.91. The van der Waals surface area contributed by atoms with Crippen LogP contribution in [0.3, 0.4) is 0 Å². The minimum atomic E-state index is -3.71. The minimum Gasteiger partial charge on any atom is -0.435 e. The molecular weight excluding hydrogens is 430 g/mol. The van der Waals surface area contributed by atoms with Gasteiger partial charge in [-0.1, -0.05) is 6.92 Å². The maximum absolute atomic E-state index is 12.6. The van der Waals surface area contributed by atoms with E-state index in [0.717, 1.165) is 6.26 Å². The number of oxazole rings is 1. The molecule has 0 saturated heterocycles. The largest absolute Gasteiger partial charge is 0.435 e. The zero-order valence-corrected chi connectivity index (χ0v) is 17.5. The maximum Gasteiger partial charge on any atom is 0.247 e. The summed E-state index contributed by atoms with van der Waals surface area (Å²) in [4.78, 5) is 20.7. The summed E-state index contributed by atoms with van der Waals surface area (Å²) in [6.45, 7) is 1.50. The van der Waals surface area contributed by atoms with Crippen molar-refractivity contribution in [3.8, 4) is 23.2 Å². The Balaban J connectivity index is 1.95. The highest BCUT2D eigenvalue weighted by atomic mass is 32.2. The van der Waals surface area contributed by atoms with Crippen LogP contribution in [0.25, 0.3) is 34.3 Å². The van der Waals surface area contributed by atoms with E-state index < -0.39 is 19.7 Å². The van der Waals surface area contributed by atoms with Crippen molar-refractivity contribution in [2.75, 3.05) is 12.0 Å². The van der Waals surface area contributed by atoms with Crippen LogP contribution in [0.5, 0.6) is 0 Å². The molecule has 0 aliphatic rings. The second kappa shape index (κ2) is 7.22. The zero-order chi connectivity index (χ0) is 21.5. The topological polar surface area (TPSA) is 146 Å². The molecule has 0 amide bonds. The summed E-state index contributed by atoms with van der Waals surface area (Å²) in [5.41, 5.74) is 0.490. The van der Waals surface area contributed by atoms with Crippen LogP contribution in [0.15, 0.2) is 57.1 Å². The number of sulfone groups is 2. The van der Waals surface area contributed by atoms with Crippen molar-refractivity contribution >= 4 is 30.8 Å². The van der Waals surface area contributed by atoms with E-state index in [2.05, 4.69) is 24.9 Å². The van der Waals surface area contributed by atoms with Crippen molar-refractivity contribution in [2.24, 2.45) is 0 Å². The molecule has 0 aliphatic carbocycles. The first-order valence-electron chi connectivity index (χ1n) is 8.67. The van der Waals surface area contributed by atoms with Gasteiger partial charge in [0, 0.05) is 18.6 Å². The molecule has 0 atom stereocenters. The van der Waals surface area contributed by atoms with Crippen LogP contribution in [0.4, 0.5) is 0 Å². The van der Waals surface area contributed by atoms with E-state index in [-0.39, 0.29) is 49.9 Å². The van der Waals surface area contributed by atoms with Gasteiger partial charge in [-0.3, -0.25) is 0 Å². The van der Waals surface area contributed by atoms with Gasteiger partial charge in [0.05, 0.1) is 16.8 Å². The molecule has 0 spiro atoms. The molecule has 3 heterocycles. The molecule has 0 unspecified atom stereocenters. The first-order valence-corrected chi connectivity index (χ1v) is 12.2. The third kappa shape index (κ3) is 3.66. The van der Waals surface area contributed by atoms with Crippen molar-refractivity contribution in [1.29, 1.82) is 0 Å². The summed E-state index contributed by atoms with van der Waals surface area (Å²) in [5, 5.41) is 0. The quantitative estimate of drug-likeness (QED) is 0.446. The van der Waals surface area contributed by atoms with Crippen LogP contribution >= 0.6 is 0 Å². The van der Waals surface area contributed by atoms with Gasteiger partial charge in [-0.05, 0) is 24.3 Å². The van der Waals surface area contributed by atoms with E-state index in [9.17, 15) is 16.8 Å². The van der Waals surface area contributed by atoms with Crippen molar-refractivity contribution in [1.82, 2.24) is 24.9 Å². The Morgan fingerprint density at radius 3 is 2.37 bits per heavy atom. The lowest BCUT2D eigenvalue weighted by molar-refractivity contribution is 0.591. The minimum absolute atomic E-state index is 0.0496. The van der Waals surface area contributed by atoms with Crippen molar-refractivity contribution in [2.45, 2.75) is 16.7 Å². The monoisotopic (exact) mass is 445 g/mol. The van der Waals surface area contributed by atoms with E-state index >= 15 is 0 Å². The maximum atomic E-state index is 12.6. The number of fused-ring (bicyclic) bond motifs is 1. The van der Waals surface area contributed by atoms with Gasteiger partial charge in [0.15, 0.2) is 36.9 Å². The van der Waals surface area contributed by atoms with Crippen molar-refractivity contribution < 1.29 is 21.3 Å². The fraction of sp³-hybridized carbons (Fsp3) is 0.167. The fourth-order valence-electron chi connectivity index (χ4n) is 2.67. The Hall–Kier alpha value is -3.25. The molecule has 30 heavy (non-hydrogen) atoms. The average molecular weight is 445 g/mol. The molecule has 10 nitrogen and oxygen atoms in total. The highest BCUT2D eigenvalue weighted by Crippen LogP contribution is 2.30. The van der Waals surface area contributed by atoms with Gasteiger partial charge in [-0.25, -0.2) is 41.8 Å². The number of nitrogens with zero attached hydrogens (tertiary/aromatic N) is 5. The van der Waals surface area contributed by atoms with Crippen molar-refractivity contribution in [3.05, 3.63) is 42.9 Å². The van der Waals surface area contributed by atoms with Crippen LogP contribution in [0, 0.1) is 0 Å². The first kappa shape index (κ1) is 20.0. The molecule has 0 aliphatic heterocycles. The van der Waals surface area contributed by atoms with Gasteiger partial charge in [0.2, 0.25) is 5.89 Å². The van der Waals surface area contributed by atoms with Gasteiger partial charge in [0.1, 0.15) is 16.1 Å². The molecular formula is C18H15N5O5S2. The molecule has 0 bridgehead atoms. The Morgan fingerprint density at radius 2 is 1.70 bits per heavy atom. The van der Waals surface area contributed by atoms with E-state index in [0.29, 0.717) is 0 Å². The van der Waals surface area contributed by atoms with Crippen molar-refractivity contribution in [3.63, 3.8) is 0 Å². The summed E-state index contributed by atoms with van der Waals surface area (Å²) < 4.78 is 54.5. The molecule has 154 valence electrons. The molecule has 4 aromatic rings. The predicted molar refractivity (Wildman–Crippen MR) is 107 cm³/mol. The Kier molecular flexibility index (Phi) is 4.82. The lowest BCUT2D eigenvalue weighted by Crippen LogP contribution is -2.09. The highest BCUT2D eigenvalue weighted by Gasteiger charge is 2.25. The lowest BCUT2D eigenvalue weighted by Gasteiger charge is -2.07. The summed E-state index contributed by atoms with van der Waals surface area (Å²) in [6, 6.07) is 5.83. The predicted octanol–water partition coefficient (Wildman–Crippen LogP) is 1.94. The van der Waals surface area contributed by atoms with Gasteiger partial charge >= 0.3 is 0 Å². The number of hydrogen-bond donors (Lipinski definition) is 0. The average Bonchev–Trinajstić information content (AvgIpc) is 3.16. The van der Waals surface area contributed by atoms with E-state index in [1.807, 2.05) is 0 Å². The van der Waals surface area contributed by atoms with Crippen LogP contribution < -0.4 is 0 Å². The zero-order valence-electron chi connectivity index (χ0n) is 15.8. The van der Waals surface area contributed by atoms with Gasteiger partial charge in [-0.15, -0.1) is 0 Å². The van der Waals surface area contributed by atoms with Crippen LogP contribution in [0.1, 0.15) is 6.92 Å². The number of aromatic nitrogens is 5. The summed E-state index contributed by atoms with van der Waals surface area (Å²) in [6.07, 6.45) is 5.27. The smallest absolute Gasteiger partial charge is 0.247 e. The van der Waals surface area contributed by atoms with Gasteiger partial charge in [0.25, 0.3) is 0 Å². The third-order valence-corrected chi connectivity index (χ3v) is 7.07. The number of rotatable bonds is 5. The summed E-state index contributed by atoms with van der Waals surface area (Å²) in [7, 11) is -7.15. The molecule has 12 heteroatoms. The standard InChI is InChI=1S/C18H15N5O5S2/c1-3-30(26,27)14-10-21-17(16-19-7-4-8-20-16)23-15(14)18-22-12-9-11(29(2,24)25)5-6-13(12)28-18/h4-10H,3H2,1-2H3. The van der Waals surface area contributed by atoms with Gasteiger partial charge < -0.3 is 4.42 Å². The lowest BCUT2D eigenvalue weighted by atomic mass is 10.3. The SMILES string of the molecule is CCS(=O)(=O)c1cnc(-c2ncccn2)nc1-c1nc2cc(S(C)(=O)=O)ccc2o1. The summed E-state index contributed by atoms with van der Waals surface area (Å²) >= 11 is 0. The first-order chi connectivity index (χ1) is 14.2.